The summed E-state index contributed by atoms with van der Waals surface area (Å²) >= 11 is 0. The smallest absolute Gasteiger partial charge is 0.481 e. The van der Waals surface area contributed by atoms with Gasteiger partial charge in [-0.3, -0.25) is 48.2 Å². The topological polar surface area (TPSA) is 436 Å². The molecule has 6 N–H and O–H groups in total. The Morgan fingerprint density at radius 1 is 0.785 bits per heavy atom. The number of Topliss-reactive ketones (excluding diaryl/α,β-unsaturated/α-hetero) is 2. The molecule has 4 aromatic rings. The third-order valence-corrected chi connectivity index (χ3v) is 20.1. The maximum Gasteiger partial charge on any atom is 0.501 e. The van der Waals surface area contributed by atoms with Crippen molar-refractivity contribution < 1.29 is 119 Å². The molecule has 0 saturated carbocycles. The third kappa shape index (κ3) is 22.6. The minimum absolute atomic E-state index is 0.0688. The molecule has 33 nitrogen and oxygen atoms in total. The van der Waals surface area contributed by atoms with Gasteiger partial charge in [-0.1, -0.05) is 103 Å². The minimum atomic E-state index is -5.19. The van der Waals surface area contributed by atoms with Crippen LogP contribution in [0.3, 0.4) is 0 Å². The van der Waals surface area contributed by atoms with Gasteiger partial charge in [0.1, 0.15) is 54.2 Å². The monoisotopic (exact) mass is 1520 g/mol. The fourth-order valence-electron chi connectivity index (χ4n) is 13.2. The predicted molar refractivity (Wildman–Crippen MR) is 377 cm³/mol. The Balaban J connectivity index is 0.949. The number of likely N-dealkylation sites (N-methyl/N-ethyl adjacent to an activating group) is 2. The van der Waals surface area contributed by atoms with Gasteiger partial charge in [-0.15, -0.1) is 13.5 Å². The van der Waals surface area contributed by atoms with Crippen LogP contribution in [0.25, 0.3) is 0 Å². The molecule has 6 amide bonds. The summed E-state index contributed by atoms with van der Waals surface area (Å²) in [7, 11) is 0.658. The Morgan fingerprint density at radius 3 is 2.08 bits per heavy atom. The Kier molecular flexibility index (Phi) is 31.0. The first kappa shape index (κ1) is 85.0. The number of hydrogen-bond acceptors (Lipinski definition) is 25. The van der Waals surface area contributed by atoms with E-state index in [1.807, 2.05) is 32.0 Å². The molecule has 3 aliphatic rings. The molecule has 1 aromatic heterocycles. The minimum Gasteiger partial charge on any atom is -0.481 e. The molecule has 0 radical (unpaired) electrons. The maximum atomic E-state index is 14.9. The number of aliphatic hydroxyl groups excluding tert-OH is 3. The van der Waals surface area contributed by atoms with Crippen LogP contribution in [-0.2, 0) is 98.6 Å². The fourth-order valence-corrected chi connectivity index (χ4v) is 13.9. The average Bonchev–Trinajstić information content (AvgIpc) is 0.994. The van der Waals surface area contributed by atoms with Gasteiger partial charge in [0.05, 0.1) is 62.5 Å². The molecule has 3 aliphatic heterocycles. The Labute approximate surface area is 620 Å². The van der Waals surface area contributed by atoms with Gasteiger partial charge in [0.15, 0.2) is 23.4 Å². The fraction of sp³-hybridized carbons (Fsp3) is 0.562. The number of carboxylic acids is 2. The lowest BCUT2D eigenvalue weighted by Gasteiger charge is -2.41. The van der Waals surface area contributed by atoms with E-state index in [1.165, 1.54) is 61.2 Å². The summed E-state index contributed by atoms with van der Waals surface area (Å²) in [5.74, 6) is -10.7. The molecule has 107 heavy (non-hydrogen) atoms. The zero-order valence-corrected chi connectivity index (χ0v) is 62.6. The second-order valence-corrected chi connectivity index (χ2v) is 28.7. The second-order valence-electron chi connectivity index (χ2n) is 27.5. The van der Waals surface area contributed by atoms with Crippen molar-refractivity contribution in [3.63, 3.8) is 0 Å². The number of methoxy groups -OCH3 is 2. The van der Waals surface area contributed by atoms with E-state index in [0.29, 0.717) is 37.1 Å². The van der Waals surface area contributed by atoms with Crippen LogP contribution >= 0.6 is 0 Å². The van der Waals surface area contributed by atoms with Crippen LogP contribution in [0.1, 0.15) is 121 Å². The van der Waals surface area contributed by atoms with Crippen molar-refractivity contribution in [3.8, 4) is 17.2 Å². The van der Waals surface area contributed by atoms with Gasteiger partial charge in [-0.25, -0.2) is 14.3 Å². The van der Waals surface area contributed by atoms with Crippen molar-refractivity contribution in [1.29, 1.82) is 0 Å². The van der Waals surface area contributed by atoms with E-state index in [-0.39, 0.29) is 87.3 Å². The molecule has 2 fully saturated rings. The normalized spacial score (nSPS) is 20.3. The Hall–Kier alpha value is -9.29. The molecular weight excluding hydrogens is 1420 g/mol. The van der Waals surface area contributed by atoms with E-state index in [0.717, 1.165) is 39.6 Å². The standard InChI is InChI=1S/C73H98N8O25S/c1-12-43(6)62(56(99-10)37-59(86)80-30-16-20-51(80)66(100-11)44(7)53(83)35-48(70(92)93)34-45-18-14-13-15-19-45)77(8)69(91)60(41(2)3)74-68(90)61(42(4)5)78(9)73(96)102-40-46-22-25-50(26-23-46)105-107(97,98)106-55-36-47(24-27-54(55)103-72-65(89)63(87)64(88)67(104-72)71(94)95)52(82)21-17-32-101-33-31-79-38-49(75-76-79)39-81-57(84)28-29-58(81)85/h13-15,18-19,22-29,36,38,41-44,48,51,56,60-67,72,87-89H,12,16-17,20-21,30-35,37,39-40H2,1-11H3,(H,74,90)(H,92,93)(H,94,95)/t43?,44-,48?,51-,56+,60-,61-,62-,63-,64-,65+,66+,67-,72?/m0/s1. The molecule has 3 unspecified atom stereocenters. The maximum absolute atomic E-state index is 14.9. The van der Waals surface area contributed by atoms with Crippen molar-refractivity contribution >= 4 is 69.5 Å². The van der Waals surface area contributed by atoms with Gasteiger partial charge in [-0.05, 0) is 84.9 Å². The molecule has 7 rings (SSSR count). The van der Waals surface area contributed by atoms with Gasteiger partial charge >= 0.3 is 28.4 Å². The summed E-state index contributed by atoms with van der Waals surface area (Å²) in [5, 5.41) is 62.0. The summed E-state index contributed by atoms with van der Waals surface area (Å²) in [6.07, 6.45) is -7.62. The van der Waals surface area contributed by atoms with E-state index in [1.54, 1.807) is 64.9 Å². The molecule has 4 heterocycles. The van der Waals surface area contributed by atoms with Gasteiger partial charge in [-0.2, -0.15) is 0 Å². The number of imide groups is 1. The summed E-state index contributed by atoms with van der Waals surface area (Å²) in [5.41, 5.74) is 1.35. The van der Waals surface area contributed by atoms with Crippen LogP contribution in [0.5, 0.6) is 17.2 Å². The summed E-state index contributed by atoms with van der Waals surface area (Å²) in [6, 6.07) is 13.8. The van der Waals surface area contributed by atoms with E-state index in [9.17, 15) is 81.9 Å². The lowest BCUT2D eigenvalue weighted by atomic mass is 9.85. The van der Waals surface area contributed by atoms with Crippen LogP contribution in [-0.4, -0.2) is 243 Å². The highest BCUT2D eigenvalue weighted by Crippen LogP contribution is 2.36. The van der Waals surface area contributed by atoms with Crippen LogP contribution in [0.4, 0.5) is 4.79 Å². The molecular formula is C73H98N8O25S. The Bertz CT molecular complexity index is 3880. The number of aliphatic hydroxyl groups is 3. The van der Waals surface area contributed by atoms with Crippen molar-refractivity contribution in [2.24, 2.45) is 29.6 Å². The zero-order valence-electron chi connectivity index (χ0n) is 61.7. The highest BCUT2D eigenvalue weighted by atomic mass is 32.3. The van der Waals surface area contributed by atoms with Crippen molar-refractivity contribution in [3.05, 3.63) is 114 Å². The number of rotatable bonds is 41. The number of likely N-dealkylation sites (tertiary alicyclic amines) is 1. The van der Waals surface area contributed by atoms with E-state index >= 15 is 0 Å². The van der Waals surface area contributed by atoms with Gasteiger partial charge in [0.2, 0.25) is 24.0 Å². The number of nitrogens with zero attached hydrogens (tertiary/aromatic N) is 7. The number of ether oxygens (including phenoxy) is 6. The SMILES string of the molecule is CCC(C)[C@@H]([C@@H](CC(=O)N1CCC[C@H]1[C@H](OC)[C@@H](C)C(=O)CC(Cc1ccccc1)C(=O)O)OC)N(C)C(=O)[C@@H](NC(=O)[C@H](C(C)C)N(C)C(=O)OCc1ccc(OS(=O)(=O)Oc2cc(C(=O)CCCOCCn3cc(CN4C(=O)C=CC4=O)nn3)ccc2OC2O[C@H](C(=O)O)[C@@H](O)[C@H](O)[C@H]2O)cc1)C(C)C. The van der Waals surface area contributed by atoms with Gasteiger partial charge < -0.3 is 77.4 Å². The average molecular weight is 1520 g/mol. The number of amides is 6. The van der Waals surface area contributed by atoms with Gasteiger partial charge in [0, 0.05) is 77.9 Å². The number of ketones is 2. The third-order valence-electron chi connectivity index (χ3n) is 19.3. The van der Waals surface area contributed by atoms with E-state index in [4.69, 9.17) is 36.8 Å². The molecule has 0 spiro atoms. The molecule has 2 saturated heterocycles. The molecule has 34 heteroatoms. The largest absolute Gasteiger partial charge is 0.501 e. The van der Waals surface area contributed by atoms with Crippen molar-refractivity contribution in [2.75, 3.05) is 48.1 Å². The number of nitrogens with one attached hydrogen (secondary N) is 1. The highest BCUT2D eigenvalue weighted by Gasteiger charge is 2.49. The number of benzene rings is 3. The number of carbonyl (C=O) groups is 10. The quantitative estimate of drug-likeness (QED) is 0.0208. The molecule has 0 bridgehead atoms. The lowest BCUT2D eigenvalue weighted by Crippen LogP contribution is -2.61. The zero-order chi connectivity index (χ0) is 78.7. The predicted octanol–water partition coefficient (Wildman–Crippen LogP) is 3.91. The van der Waals surface area contributed by atoms with Gasteiger partial charge in [0.25, 0.3) is 11.8 Å². The first-order chi connectivity index (χ1) is 50.7. The van der Waals surface area contributed by atoms with E-state index < -0.39 is 167 Å². The van der Waals surface area contributed by atoms with Crippen molar-refractivity contribution in [2.45, 2.75) is 187 Å². The molecule has 0 aliphatic carbocycles. The second kappa shape index (κ2) is 39.0. The Morgan fingerprint density at radius 2 is 1.47 bits per heavy atom. The number of hydrogen-bond donors (Lipinski definition) is 6. The summed E-state index contributed by atoms with van der Waals surface area (Å²) in [4.78, 5) is 138. The van der Waals surface area contributed by atoms with Crippen LogP contribution < -0.4 is 18.4 Å². The molecule has 14 atom stereocenters. The molecule has 3 aromatic carbocycles. The first-order valence-corrected chi connectivity index (χ1v) is 36.6. The number of carbonyl (C=O) groups excluding carboxylic acids is 8. The van der Waals surface area contributed by atoms with Crippen LogP contribution in [0.15, 0.2) is 91.1 Å². The number of carboxylic acid groups (broad SMARTS) is 2. The highest BCUT2D eigenvalue weighted by molar-refractivity contribution is 7.82. The van der Waals surface area contributed by atoms with Crippen molar-refractivity contribution in [1.82, 2.24) is 39.9 Å². The van der Waals surface area contributed by atoms with Crippen LogP contribution in [0.2, 0.25) is 0 Å². The van der Waals surface area contributed by atoms with E-state index in [2.05, 4.69) is 15.6 Å². The number of aliphatic carboxylic acids is 2. The lowest BCUT2D eigenvalue weighted by molar-refractivity contribution is -0.271. The first-order valence-electron chi connectivity index (χ1n) is 35.3. The number of aromatic nitrogens is 3. The molecule has 586 valence electrons. The summed E-state index contributed by atoms with van der Waals surface area (Å²) in [6.45, 7) is 12.8. The van der Waals surface area contributed by atoms with Crippen LogP contribution in [0, 0.1) is 29.6 Å². The summed E-state index contributed by atoms with van der Waals surface area (Å²) < 4.78 is 73.5.